The first-order valence-corrected chi connectivity index (χ1v) is 5.26. The molecule has 1 unspecified atom stereocenters. The summed E-state index contributed by atoms with van der Waals surface area (Å²) < 4.78 is 0. The Morgan fingerprint density at radius 2 is 2.27 bits per heavy atom. The third kappa shape index (κ3) is 2.38. The van der Waals surface area contributed by atoms with E-state index in [2.05, 4.69) is 15.7 Å². The first kappa shape index (κ1) is 10.2. The number of nitrogens with zero attached hydrogens (tertiary/aromatic N) is 2. The van der Waals surface area contributed by atoms with Gasteiger partial charge < -0.3 is 10.2 Å². The zero-order chi connectivity index (χ0) is 10.8. The lowest BCUT2D eigenvalue weighted by atomic mass is 10.3. The molecule has 0 aromatic heterocycles. The van der Waals surface area contributed by atoms with Gasteiger partial charge in [0.25, 0.3) is 0 Å². The molecule has 0 spiro atoms. The van der Waals surface area contributed by atoms with Crippen LogP contribution in [-0.2, 0) is 4.79 Å². The van der Waals surface area contributed by atoms with E-state index in [0.29, 0.717) is 12.0 Å². The number of likely N-dealkylation sites (tertiary alicyclic amines) is 1. The summed E-state index contributed by atoms with van der Waals surface area (Å²) in [5.41, 5.74) is 2.50. The number of hydrogen-bond donors (Lipinski definition) is 3. The van der Waals surface area contributed by atoms with Gasteiger partial charge in [0.05, 0.1) is 0 Å². The Morgan fingerprint density at radius 1 is 1.53 bits per heavy atom. The summed E-state index contributed by atoms with van der Waals surface area (Å²) in [6.45, 7) is 0.772. The number of carbonyl (C=O) groups is 1. The Morgan fingerprint density at radius 3 is 2.73 bits per heavy atom. The minimum absolute atomic E-state index is 0.0698. The normalized spacial score (nSPS) is 27.1. The van der Waals surface area contributed by atoms with Gasteiger partial charge in [0.2, 0.25) is 11.9 Å². The van der Waals surface area contributed by atoms with Gasteiger partial charge in [0.15, 0.2) is 0 Å². The van der Waals surface area contributed by atoms with Crippen LogP contribution in [0.25, 0.3) is 0 Å². The average molecular weight is 211 g/mol. The molecule has 1 atom stereocenters. The van der Waals surface area contributed by atoms with E-state index in [9.17, 15) is 4.79 Å². The second-order valence-electron chi connectivity index (χ2n) is 4.10. The Kier molecular flexibility index (Phi) is 2.77. The number of nitrogens with one attached hydrogen (secondary N) is 2. The van der Waals surface area contributed by atoms with Crippen molar-refractivity contribution in [1.29, 1.82) is 0 Å². The molecule has 0 bridgehead atoms. The molecule has 2 fully saturated rings. The quantitative estimate of drug-likeness (QED) is 0.232. The fourth-order valence-electron chi connectivity index (χ4n) is 1.62. The maximum atomic E-state index is 11.6. The standard InChI is InChI=1S/C9H17N5O/c1-14-5-4-7(8(14)15)12-9(13-10)11-6-2-3-6/h6-7H,2-5,10H2,1H3,(H2,11,12,13). The number of hydrogen-bond acceptors (Lipinski definition) is 3. The molecule has 84 valence electrons. The largest absolute Gasteiger partial charge is 0.353 e. The van der Waals surface area contributed by atoms with E-state index in [4.69, 9.17) is 5.84 Å². The molecular weight excluding hydrogens is 194 g/mol. The van der Waals surface area contributed by atoms with Crippen LogP contribution in [0.5, 0.6) is 0 Å². The molecule has 1 heterocycles. The van der Waals surface area contributed by atoms with Crippen LogP contribution in [0.1, 0.15) is 19.3 Å². The summed E-state index contributed by atoms with van der Waals surface area (Å²) in [5, 5.41) is 3.15. The van der Waals surface area contributed by atoms with Crippen LogP contribution in [0.4, 0.5) is 0 Å². The molecule has 2 aliphatic rings. The number of hydrazine groups is 1. The highest BCUT2D eigenvalue weighted by molar-refractivity contribution is 5.88. The predicted molar refractivity (Wildman–Crippen MR) is 57.0 cm³/mol. The number of rotatable bonds is 2. The van der Waals surface area contributed by atoms with Crippen LogP contribution in [0.2, 0.25) is 0 Å². The molecule has 0 aromatic rings. The van der Waals surface area contributed by atoms with E-state index in [0.717, 1.165) is 25.8 Å². The fraction of sp³-hybridized carbons (Fsp3) is 0.778. The number of aliphatic imine (C=N–C) groups is 1. The Hall–Kier alpha value is -1.30. The van der Waals surface area contributed by atoms with Crippen molar-refractivity contribution in [2.45, 2.75) is 31.3 Å². The van der Waals surface area contributed by atoms with Crippen molar-refractivity contribution in [2.24, 2.45) is 10.8 Å². The van der Waals surface area contributed by atoms with Crippen LogP contribution in [-0.4, -0.2) is 42.4 Å². The van der Waals surface area contributed by atoms with Crippen molar-refractivity contribution < 1.29 is 4.79 Å². The molecular formula is C9H17N5O. The molecule has 6 nitrogen and oxygen atoms in total. The molecule has 6 heteroatoms. The molecule has 15 heavy (non-hydrogen) atoms. The van der Waals surface area contributed by atoms with E-state index in [-0.39, 0.29) is 11.9 Å². The SMILES string of the molecule is CN1CCC(N=C(NN)NC2CC2)C1=O. The Balaban J connectivity index is 1.96. The van der Waals surface area contributed by atoms with Crippen molar-refractivity contribution in [2.75, 3.05) is 13.6 Å². The first-order chi connectivity index (χ1) is 7.20. The van der Waals surface area contributed by atoms with Gasteiger partial charge in [0, 0.05) is 19.6 Å². The van der Waals surface area contributed by atoms with E-state index in [1.807, 2.05) is 0 Å². The monoisotopic (exact) mass is 211 g/mol. The average Bonchev–Trinajstić information content (AvgIpc) is 2.99. The summed E-state index contributed by atoms with van der Waals surface area (Å²) in [5.74, 6) is 5.94. The second-order valence-corrected chi connectivity index (χ2v) is 4.10. The molecule has 1 aliphatic carbocycles. The smallest absolute Gasteiger partial charge is 0.247 e. The second kappa shape index (κ2) is 4.06. The molecule has 0 radical (unpaired) electrons. The highest BCUT2D eigenvalue weighted by atomic mass is 16.2. The van der Waals surface area contributed by atoms with Gasteiger partial charge >= 0.3 is 0 Å². The van der Waals surface area contributed by atoms with Crippen LogP contribution >= 0.6 is 0 Å². The van der Waals surface area contributed by atoms with Crippen LogP contribution < -0.4 is 16.6 Å². The molecule has 1 aliphatic heterocycles. The van der Waals surface area contributed by atoms with Crippen molar-refractivity contribution in [3.8, 4) is 0 Å². The number of likely N-dealkylation sites (N-methyl/N-ethyl adjacent to an activating group) is 1. The van der Waals surface area contributed by atoms with Crippen LogP contribution in [0, 0.1) is 0 Å². The maximum absolute atomic E-state index is 11.6. The summed E-state index contributed by atoms with van der Waals surface area (Å²) in [6, 6.07) is 0.210. The minimum Gasteiger partial charge on any atom is -0.353 e. The van der Waals surface area contributed by atoms with E-state index in [1.165, 1.54) is 0 Å². The zero-order valence-electron chi connectivity index (χ0n) is 8.86. The topological polar surface area (TPSA) is 82.8 Å². The van der Waals surface area contributed by atoms with Gasteiger partial charge in [-0.15, -0.1) is 0 Å². The van der Waals surface area contributed by atoms with Gasteiger partial charge in [0.1, 0.15) is 6.04 Å². The lowest BCUT2D eigenvalue weighted by Gasteiger charge is -2.11. The highest BCUT2D eigenvalue weighted by Gasteiger charge is 2.30. The molecule has 0 aromatic carbocycles. The minimum atomic E-state index is -0.271. The zero-order valence-corrected chi connectivity index (χ0v) is 8.86. The predicted octanol–water partition coefficient (Wildman–Crippen LogP) is -1.21. The van der Waals surface area contributed by atoms with E-state index < -0.39 is 0 Å². The number of carbonyl (C=O) groups excluding carboxylic acids is 1. The van der Waals surface area contributed by atoms with Gasteiger partial charge in [-0.05, 0) is 19.3 Å². The van der Waals surface area contributed by atoms with Crippen molar-refractivity contribution in [3.05, 3.63) is 0 Å². The maximum Gasteiger partial charge on any atom is 0.247 e. The van der Waals surface area contributed by atoms with Crippen molar-refractivity contribution in [3.63, 3.8) is 0 Å². The lowest BCUT2D eigenvalue weighted by molar-refractivity contribution is -0.127. The molecule has 1 saturated heterocycles. The number of guanidine groups is 1. The fourth-order valence-corrected chi connectivity index (χ4v) is 1.62. The van der Waals surface area contributed by atoms with E-state index >= 15 is 0 Å². The van der Waals surface area contributed by atoms with Crippen LogP contribution in [0.15, 0.2) is 4.99 Å². The Labute approximate surface area is 88.9 Å². The van der Waals surface area contributed by atoms with Crippen molar-refractivity contribution >= 4 is 11.9 Å². The Bertz CT molecular complexity index is 286. The highest BCUT2D eigenvalue weighted by Crippen LogP contribution is 2.18. The number of nitrogens with two attached hydrogens (primary N) is 1. The molecule has 4 N–H and O–H groups in total. The lowest BCUT2D eigenvalue weighted by Crippen LogP contribution is -2.44. The van der Waals surface area contributed by atoms with E-state index in [1.54, 1.807) is 11.9 Å². The first-order valence-electron chi connectivity index (χ1n) is 5.26. The van der Waals surface area contributed by atoms with Gasteiger partial charge in [-0.2, -0.15) is 0 Å². The molecule has 1 amide bonds. The summed E-state index contributed by atoms with van der Waals surface area (Å²) in [7, 11) is 1.79. The summed E-state index contributed by atoms with van der Waals surface area (Å²) in [4.78, 5) is 17.6. The third-order valence-electron chi connectivity index (χ3n) is 2.74. The number of amides is 1. The van der Waals surface area contributed by atoms with Gasteiger partial charge in [-0.25, -0.2) is 10.8 Å². The third-order valence-corrected chi connectivity index (χ3v) is 2.74. The molecule has 1 saturated carbocycles. The summed E-state index contributed by atoms with van der Waals surface area (Å²) in [6.07, 6.45) is 3.07. The van der Waals surface area contributed by atoms with Crippen LogP contribution in [0.3, 0.4) is 0 Å². The van der Waals surface area contributed by atoms with Gasteiger partial charge in [-0.3, -0.25) is 10.2 Å². The molecule has 2 rings (SSSR count). The van der Waals surface area contributed by atoms with Crippen molar-refractivity contribution in [1.82, 2.24) is 15.6 Å². The van der Waals surface area contributed by atoms with Gasteiger partial charge in [-0.1, -0.05) is 0 Å². The summed E-state index contributed by atoms with van der Waals surface area (Å²) >= 11 is 0.